The van der Waals surface area contributed by atoms with Crippen molar-refractivity contribution in [3.8, 4) is 0 Å². The van der Waals surface area contributed by atoms with Crippen molar-refractivity contribution in [3.05, 3.63) is 63.4 Å². The third-order valence-electron chi connectivity index (χ3n) is 5.07. The van der Waals surface area contributed by atoms with Gasteiger partial charge in [-0.2, -0.15) is 0 Å². The van der Waals surface area contributed by atoms with Gasteiger partial charge >= 0.3 is 17.8 Å². The molecule has 1 fully saturated rings. The van der Waals surface area contributed by atoms with Crippen LogP contribution in [0.1, 0.15) is 35.2 Å². The van der Waals surface area contributed by atoms with Gasteiger partial charge in [-0.15, -0.1) is 0 Å². The number of methoxy groups -OCH3 is 1. The third kappa shape index (κ3) is 4.91. The van der Waals surface area contributed by atoms with Crippen molar-refractivity contribution >= 4 is 46.7 Å². The lowest BCUT2D eigenvalue weighted by Gasteiger charge is -2.42. The molecule has 2 N–H and O–H groups in total. The number of esters is 1. The van der Waals surface area contributed by atoms with E-state index in [0.717, 1.165) is 25.2 Å². The zero-order chi connectivity index (χ0) is 21.9. The van der Waals surface area contributed by atoms with E-state index in [1.165, 1.54) is 12.1 Å². The standard InChI is InChI=1S/C21H19Cl2FN2O4/c1-30-20(29)15-6-5-14(10-17(15)24)25-18(27)19(28)26-21(7-2-8-21)11-12-3-4-13(22)9-16(12)23/h3-6,9-10H,2,7-8,11H2,1H3,(H,25,27)(H,26,28). The van der Waals surface area contributed by atoms with Gasteiger partial charge in [0.15, 0.2) is 0 Å². The molecule has 1 aliphatic rings. The molecule has 30 heavy (non-hydrogen) atoms. The lowest BCUT2D eigenvalue weighted by atomic mass is 9.72. The maximum Gasteiger partial charge on any atom is 0.340 e. The van der Waals surface area contributed by atoms with Gasteiger partial charge in [-0.1, -0.05) is 29.3 Å². The highest BCUT2D eigenvalue weighted by Gasteiger charge is 2.40. The monoisotopic (exact) mass is 452 g/mol. The van der Waals surface area contributed by atoms with Crippen LogP contribution in [0.4, 0.5) is 10.1 Å². The van der Waals surface area contributed by atoms with E-state index in [2.05, 4.69) is 15.4 Å². The van der Waals surface area contributed by atoms with Crippen LogP contribution < -0.4 is 10.6 Å². The summed E-state index contributed by atoms with van der Waals surface area (Å²) in [6, 6.07) is 8.58. The van der Waals surface area contributed by atoms with Crippen LogP contribution in [0.15, 0.2) is 36.4 Å². The molecule has 2 aromatic carbocycles. The van der Waals surface area contributed by atoms with Gasteiger partial charge in [0.1, 0.15) is 5.82 Å². The van der Waals surface area contributed by atoms with Gasteiger partial charge in [0.05, 0.1) is 12.7 Å². The first-order valence-electron chi connectivity index (χ1n) is 9.18. The molecule has 2 amide bonds. The van der Waals surface area contributed by atoms with Crippen LogP contribution >= 0.6 is 23.2 Å². The summed E-state index contributed by atoms with van der Waals surface area (Å²) in [6.07, 6.45) is 2.78. The second-order valence-electron chi connectivity index (χ2n) is 7.14. The van der Waals surface area contributed by atoms with E-state index in [9.17, 15) is 18.8 Å². The maximum atomic E-state index is 14.0. The Labute approximate surface area is 182 Å². The number of anilines is 1. The highest BCUT2D eigenvalue weighted by molar-refractivity contribution is 6.39. The van der Waals surface area contributed by atoms with Crippen LogP contribution in [-0.4, -0.2) is 30.4 Å². The average Bonchev–Trinajstić information content (AvgIpc) is 2.67. The van der Waals surface area contributed by atoms with E-state index < -0.39 is 29.1 Å². The summed E-state index contributed by atoms with van der Waals surface area (Å²) >= 11 is 12.2. The minimum Gasteiger partial charge on any atom is -0.465 e. The van der Waals surface area contributed by atoms with Gasteiger partial charge in [0.25, 0.3) is 0 Å². The molecule has 9 heteroatoms. The van der Waals surface area contributed by atoms with Crippen molar-refractivity contribution < 1.29 is 23.5 Å². The van der Waals surface area contributed by atoms with E-state index in [1.807, 2.05) is 0 Å². The first kappa shape index (κ1) is 22.1. The molecule has 0 aliphatic heterocycles. The Bertz CT molecular complexity index is 1010. The number of ether oxygens (including phenoxy) is 1. The SMILES string of the molecule is COC(=O)c1ccc(NC(=O)C(=O)NC2(Cc3ccc(Cl)cc3Cl)CCC2)cc1F. The van der Waals surface area contributed by atoms with E-state index in [0.29, 0.717) is 29.3 Å². The Balaban J connectivity index is 1.66. The fraction of sp³-hybridized carbons (Fsp3) is 0.286. The molecule has 3 rings (SSSR count). The Morgan fingerprint density at radius 2 is 1.83 bits per heavy atom. The smallest absolute Gasteiger partial charge is 0.340 e. The predicted octanol–water partition coefficient (Wildman–Crippen LogP) is 4.14. The van der Waals surface area contributed by atoms with Crippen molar-refractivity contribution in [1.82, 2.24) is 5.32 Å². The first-order valence-corrected chi connectivity index (χ1v) is 9.94. The predicted molar refractivity (Wildman–Crippen MR) is 111 cm³/mol. The van der Waals surface area contributed by atoms with Crippen LogP contribution in [-0.2, 0) is 20.7 Å². The van der Waals surface area contributed by atoms with Crippen molar-refractivity contribution in [1.29, 1.82) is 0 Å². The summed E-state index contributed by atoms with van der Waals surface area (Å²) < 4.78 is 18.5. The molecule has 0 spiro atoms. The zero-order valence-corrected chi connectivity index (χ0v) is 17.6. The molecule has 0 unspecified atom stereocenters. The Morgan fingerprint density at radius 3 is 2.40 bits per heavy atom. The van der Waals surface area contributed by atoms with E-state index in [1.54, 1.807) is 18.2 Å². The fourth-order valence-electron chi connectivity index (χ4n) is 3.33. The number of benzene rings is 2. The number of rotatable bonds is 5. The molecular weight excluding hydrogens is 434 g/mol. The average molecular weight is 453 g/mol. The van der Waals surface area contributed by atoms with Gasteiger partial charge in [-0.25, -0.2) is 9.18 Å². The first-order chi connectivity index (χ1) is 14.2. The van der Waals surface area contributed by atoms with Crippen LogP contribution in [0.2, 0.25) is 10.0 Å². The molecule has 0 bridgehead atoms. The van der Waals surface area contributed by atoms with Crippen molar-refractivity contribution in [2.75, 3.05) is 12.4 Å². The number of hydrogen-bond acceptors (Lipinski definition) is 4. The number of halogens is 3. The zero-order valence-electron chi connectivity index (χ0n) is 16.1. The minimum atomic E-state index is -0.936. The summed E-state index contributed by atoms with van der Waals surface area (Å²) in [7, 11) is 1.13. The molecule has 6 nitrogen and oxygen atoms in total. The molecule has 0 heterocycles. The van der Waals surface area contributed by atoms with Crippen LogP contribution in [0, 0.1) is 5.82 Å². The Hall–Kier alpha value is -2.64. The summed E-state index contributed by atoms with van der Waals surface area (Å²) in [5.41, 5.74) is 0.0187. The lowest BCUT2D eigenvalue weighted by molar-refractivity contribution is -0.138. The topological polar surface area (TPSA) is 84.5 Å². The number of nitrogens with one attached hydrogen (secondary N) is 2. The number of carbonyl (C=O) groups is 3. The molecule has 1 saturated carbocycles. The molecule has 1 aliphatic carbocycles. The van der Waals surface area contributed by atoms with Gasteiger partial charge in [-0.3, -0.25) is 9.59 Å². The normalized spacial score (nSPS) is 14.4. The second kappa shape index (κ2) is 9.02. The molecular formula is C21H19Cl2FN2O4. The highest BCUT2D eigenvalue weighted by atomic mass is 35.5. The van der Waals surface area contributed by atoms with Crippen LogP contribution in [0.3, 0.4) is 0 Å². The Kier molecular flexibility index (Phi) is 6.63. The molecule has 0 saturated heterocycles. The molecule has 0 radical (unpaired) electrons. The highest BCUT2D eigenvalue weighted by Crippen LogP contribution is 2.37. The second-order valence-corrected chi connectivity index (χ2v) is 7.98. The fourth-order valence-corrected chi connectivity index (χ4v) is 3.81. The molecule has 0 atom stereocenters. The van der Waals surface area contributed by atoms with E-state index >= 15 is 0 Å². The molecule has 0 aromatic heterocycles. The quantitative estimate of drug-likeness (QED) is 0.527. The van der Waals surface area contributed by atoms with E-state index in [4.69, 9.17) is 23.2 Å². The van der Waals surface area contributed by atoms with Crippen molar-refractivity contribution in [3.63, 3.8) is 0 Å². The van der Waals surface area contributed by atoms with Gasteiger partial charge in [0.2, 0.25) is 0 Å². The number of hydrogen-bond donors (Lipinski definition) is 2. The summed E-state index contributed by atoms with van der Waals surface area (Å²) in [5, 5.41) is 6.12. The van der Waals surface area contributed by atoms with Gasteiger partial charge in [0, 0.05) is 21.3 Å². The van der Waals surface area contributed by atoms with Gasteiger partial charge in [-0.05, 0) is 61.6 Å². The number of amides is 2. The van der Waals surface area contributed by atoms with Crippen LogP contribution in [0.25, 0.3) is 0 Å². The van der Waals surface area contributed by atoms with Crippen molar-refractivity contribution in [2.24, 2.45) is 0 Å². The lowest BCUT2D eigenvalue weighted by Crippen LogP contribution is -2.57. The molecule has 2 aromatic rings. The minimum absolute atomic E-state index is 0.0451. The summed E-state index contributed by atoms with van der Waals surface area (Å²) in [5.74, 6) is -3.48. The summed E-state index contributed by atoms with van der Waals surface area (Å²) in [4.78, 5) is 36.2. The van der Waals surface area contributed by atoms with Crippen molar-refractivity contribution in [2.45, 2.75) is 31.2 Å². The largest absolute Gasteiger partial charge is 0.465 e. The summed E-state index contributed by atoms with van der Waals surface area (Å²) in [6.45, 7) is 0. The van der Waals surface area contributed by atoms with Crippen LogP contribution in [0.5, 0.6) is 0 Å². The third-order valence-corrected chi connectivity index (χ3v) is 5.66. The van der Waals surface area contributed by atoms with Gasteiger partial charge < -0.3 is 15.4 Å². The Morgan fingerprint density at radius 1 is 1.10 bits per heavy atom. The number of carbonyl (C=O) groups excluding carboxylic acids is 3. The maximum absolute atomic E-state index is 14.0. The van der Waals surface area contributed by atoms with E-state index in [-0.39, 0.29) is 11.3 Å². The molecule has 158 valence electrons.